The van der Waals surface area contributed by atoms with Gasteiger partial charge in [0, 0.05) is 29.5 Å². The van der Waals surface area contributed by atoms with Gasteiger partial charge in [0.05, 0.1) is 16.8 Å². The lowest BCUT2D eigenvalue weighted by Crippen LogP contribution is -2.23. The van der Waals surface area contributed by atoms with Gasteiger partial charge < -0.3 is 4.98 Å². The van der Waals surface area contributed by atoms with E-state index in [0.29, 0.717) is 27.9 Å². The average molecular weight is 535 g/mol. The van der Waals surface area contributed by atoms with E-state index in [4.69, 9.17) is 0 Å². The van der Waals surface area contributed by atoms with E-state index >= 15 is 0 Å². The van der Waals surface area contributed by atoms with Crippen molar-refractivity contribution in [2.24, 2.45) is 0 Å². The lowest BCUT2D eigenvalue weighted by molar-refractivity contribution is -0.148. The molecule has 0 aliphatic heterocycles. The minimum atomic E-state index is -4.92. The second-order valence-corrected chi connectivity index (χ2v) is 9.01. The number of alkyl halides is 6. The van der Waals surface area contributed by atoms with Crippen LogP contribution in [0.3, 0.4) is 0 Å². The third kappa shape index (κ3) is 4.13. The van der Waals surface area contributed by atoms with Gasteiger partial charge in [0.1, 0.15) is 6.54 Å². The standard InChI is InChI=1S/C23H15F6N7O2/c24-22(25,26)9-36-17-5-10(1-2-11(17)18(34-36)23(27,28)29)12-6-13(12)14-7-16(33-35-4-3-30-19(14)35)15-8-31-21(38)32-20(15)37/h1-5,7-8,12-13H,6,9H2,(H2,31,32,37,38)/t12-,13+/m1/s1. The molecule has 6 rings (SSSR count). The van der Waals surface area contributed by atoms with E-state index in [1.807, 2.05) is 0 Å². The topological polar surface area (TPSA) is 114 Å². The van der Waals surface area contributed by atoms with Crippen LogP contribution in [0.5, 0.6) is 0 Å². The summed E-state index contributed by atoms with van der Waals surface area (Å²) in [6.07, 6.45) is -4.84. The number of H-pyrrole nitrogens is 2. The quantitative estimate of drug-likeness (QED) is 0.338. The van der Waals surface area contributed by atoms with Crippen molar-refractivity contribution in [1.82, 2.24) is 34.3 Å². The summed E-state index contributed by atoms with van der Waals surface area (Å²) in [6.45, 7) is -1.66. The van der Waals surface area contributed by atoms with Crippen LogP contribution in [-0.4, -0.2) is 40.5 Å². The minimum Gasteiger partial charge on any atom is -0.313 e. The van der Waals surface area contributed by atoms with Gasteiger partial charge in [0.2, 0.25) is 0 Å². The van der Waals surface area contributed by atoms with Crippen molar-refractivity contribution in [1.29, 1.82) is 0 Å². The minimum absolute atomic E-state index is 0.107. The molecular formula is C23H15F6N7O2. The van der Waals surface area contributed by atoms with Gasteiger partial charge in [-0.15, -0.1) is 0 Å². The van der Waals surface area contributed by atoms with Crippen molar-refractivity contribution < 1.29 is 26.3 Å². The molecule has 1 aliphatic rings. The van der Waals surface area contributed by atoms with Gasteiger partial charge in [-0.1, -0.05) is 12.1 Å². The van der Waals surface area contributed by atoms with Gasteiger partial charge in [-0.05, 0) is 36.0 Å². The molecule has 196 valence electrons. The first kappa shape index (κ1) is 23.9. The Balaban J connectivity index is 1.41. The summed E-state index contributed by atoms with van der Waals surface area (Å²) in [5.41, 5.74) is -0.886. The van der Waals surface area contributed by atoms with Crippen LogP contribution in [0, 0.1) is 0 Å². The van der Waals surface area contributed by atoms with Gasteiger partial charge in [-0.2, -0.15) is 36.5 Å². The van der Waals surface area contributed by atoms with Gasteiger partial charge in [-0.25, -0.2) is 14.3 Å². The molecule has 0 unspecified atom stereocenters. The highest BCUT2D eigenvalue weighted by molar-refractivity contribution is 5.83. The summed E-state index contributed by atoms with van der Waals surface area (Å²) in [5, 5.41) is 7.18. The van der Waals surface area contributed by atoms with E-state index < -0.39 is 41.2 Å². The fraction of sp³-hybridized carbons (Fsp3) is 0.261. The van der Waals surface area contributed by atoms with Crippen LogP contribution in [0.25, 0.3) is 27.8 Å². The van der Waals surface area contributed by atoms with E-state index in [1.54, 1.807) is 12.3 Å². The van der Waals surface area contributed by atoms with E-state index in [2.05, 4.69) is 25.1 Å². The molecule has 15 heteroatoms. The Hall–Kier alpha value is -4.43. The Bertz CT molecular complexity index is 1830. The summed E-state index contributed by atoms with van der Waals surface area (Å²) < 4.78 is 81.4. The van der Waals surface area contributed by atoms with Crippen molar-refractivity contribution in [3.8, 4) is 11.3 Å². The number of fused-ring (bicyclic) bond motifs is 2. The van der Waals surface area contributed by atoms with Gasteiger partial charge in [0.25, 0.3) is 5.56 Å². The second kappa shape index (κ2) is 8.03. The molecule has 1 fully saturated rings. The molecule has 38 heavy (non-hydrogen) atoms. The molecule has 1 aromatic carbocycles. The maximum Gasteiger partial charge on any atom is 0.435 e. The molecule has 1 saturated carbocycles. The maximum atomic E-state index is 13.4. The van der Waals surface area contributed by atoms with Crippen molar-refractivity contribution in [3.63, 3.8) is 0 Å². The number of nitrogens with one attached hydrogen (secondary N) is 2. The lowest BCUT2D eigenvalue weighted by atomic mass is 10.0. The van der Waals surface area contributed by atoms with Crippen LogP contribution in [0.4, 0.5) is 26.3 Å². The summed E-state index contributed by atoms with van der Waals surface area (Å²) in [5.74, 6) is -0.422. The summed E-state index contributed by atoms with van der Waals surface area (Å²) in [6, 6.07) is 5.56. The molecule has 1 aliphatic carbocycles. The van der Waals surface area contributed by atoms with Gasteiger partial charge >= 0.3 is 18.0 Å². The third-order valence-electron chi connectivity index (χ3n) is 6.47. The molecule has 4 aromatic heterocycles. The third-order valence-corrected chi connectivity index (χ3v) is 6.47. The highest BCUT2D eigenvalue weighted by atomic mass is 19.4. The number of rotatable bonds is 4. The smallest absolute Gasteiger partial charge is 0.313 e. The fourth-order valence-corrected chi connectivity index (χ4v) is 4.77. The van der Waals surface area contributed by atoms with Crippen molar-refractivity contribution in [2.45, 2.75) is 37.2 Å². The second-order valence-electron chi connectivity index (χ2n) is 9.01. The zero-order valence-electron chi connectivity index (χ0n) is 18.9. The molecule has 0 spiro atoms. The van der Waals surface area contributed by atoms with Crippen LogP contribution < -0.4 is 11.2 Å². The van der Waals surface area contributed by atoms with Crippen molar-refractivity contribution >= 4 is 16.6 Å². The molecule has 0 radical (unpaired) electrons. The van der Waals surface area contributed by atoms with Crippen molar-refractivity contribution in [3.05, 3.63) is 80.5 Å². The van der Waals surface area contributed by atoms with Crippen LogP contribution in [0.1, 0.15) is 35.1 Å². The molecule has 0 amide bonds. The van der Waals surface area contributed by atoms with Gasteiger partial charge in [0.15, 0.2) is 11.3 Å². The molecule has 0 saturated heterocycles. The van der Waals surface area contributed by atoms with Crippen LogP contribution in [-0.2, 0) is 12.7 Å². The van der Waals surface area contributed by atoms with Crippen molar-refractivity contribution in [2.75, 3.05) is 0 Å². The van der Waals surface area contributed by atoms with Crippen LogP contribution in [0.2, 0.25) is 0 Å². The molecule has 4 heterocycles. The number of hydrogen-bond donors (Lipinski definition) is 2. The zero-order valence-corrected chi connectivity index (χ0v) is 18.9. The number of halogens is 6. The Morgan fingerprint density at radius 1 is 1.03 bits per heavy atom. The summed E-state index contributed by atoms with van der Waals surface area (Å²) in [7, 11) is 0. The first-order chi connectivity index (χ1) is 17.9. The molecule has 5 aromatic rings. The molecule has 9 nitrogen and oxygen atoms in total. The number of aromatic nitrogens is 7. The zero-order chi connectivity index (χ0) is 27.0. The van der Waals surface area contributed by atoms with E-state index in [1.165, 1.54) is 29.0 Å². The van der Waals surface area contributed by atoms with E-state index in [9.17, 15) is 35.9 Å². The molecule has 2 N–H and O–H groups in total. The number of imidazole rings is 1. The number of benzene rings is 1. The number of nitrogens with zero attached hydrogens (tertiary/aromatic N) is 5. The Labute approximate surface area is 206 Å². The lowest BCUT2D eigenvalue weighted by Gasteiger charge is -2.09. The Morgan fingerprint density at radius 3 is 2.53 bits per heavy atom. The Kier molecular flexibility index (Phi) is 5.06. The van der Waals surface area contributed by atoms with Crippen LogP contribution >= 0.6 is 0 Å². The van der Waals surface area contributed by atoms with Crippen LogP contribution in [0.15, 0.2) is 52.4 Å². The molecular weight excluding hydrogens is 520 g/mol. The van der Waals surface area contributed by atoms with Gasteiger partial charge in [-0.3, -0.25) is 14.5 Å². The highest BCUT2D eigenvalue weighted by Gasteiger charge is 2.43. The largest absolute Gasteiger partial charge is 0.435 e. The SMILES string of the molecule is O=c1[nH]cc(-c2cc([C@H]3C[C@@H]3c3ccc4c(C(F)(F)F)nn(CC(F)(F)F)c4c3)c3nccn3n2)c(=O)[nH]1. The number of hydrogen-bond acceptors (Lipinski definition) is 5. The summed E-state index contributed by atoms with van der Waals surface area (Å²) in [4.78, 5) is 32.5. The van der Waals surface area contributed by atoms with E-state index in [-0.39, 0.29) is 28.6 Å². The first-order valence-electron chi connectivity index (χ1n) is 11.2. The maximum absolute atomic E-state index is 13.4. The monoisotopic (exact) mass is 535 g/mol. The predicted molar refractivity (Wildman–Crippen MR) is 121 cm³/mol. The Morgan fingerprint density at radius 2 is 1.82 bits per heavy atom. The normalized spacial score (nSPS) is 17.9. The van der Waals surface area contributed by atoms with E-state index in [0.717, 1.165) is 6.07 Å². The fourth-order valence-electron chi connectivity index (χ4n) is 4.77. The molecule has 0 bridgehead atoms. The first-order valence-corrected chi connectivity index (χ1v) is 11.2. The predicted octanol–water partition coefficient (Wildman–Crippen LogP) is 3.97. The average Bonchev–Trinajstić information content (AvgIpc) is 3.32. The highest BCUT2D eigenvalue weighted by Crippen LogP contribution is 2.56. The summed E-state index contributed by atoms with van der Waals surface area (Å²) >= 11 is 0. The molecule has 2 atom stereocenters. The number of aromatic amines is 2.